The number of para-hydroxylation sites is 1. The molecule has 140 valence electrons. The van der Waals surface area contributed by atoms with Crippen molar-refractivity contribution in [2.45, 2.75) is 38.5 Å². The number of rotatable bonds is 6. The van der Waals surface area contributed by atoms with Crippen molar-refractivity contribution in [3.8, 4) is 0 Å². The van der Waals surface area contributed by atoms with E-state index in [-0.39, 0.29) is 17.4 Å². The third kappa shape index (κ3) is 4.76. The zero-order valence-corrected chi connectivity index (χ0v) is 16.2. The summed E-state index contributed by atoms with van der Waals surface area (Å²) in [5.41, 5.74) is 2.87. The van der Waals surface area contributed by atoms with Crippen molar-refractivity contribution < 1.29 is 17.9 Å². The first-order valence-electron chi connectivity index (χ1n) is 8.40. The molecule has 7 heteroatoms. The summed E-state index contributed by atoms with van der Waals surface area (Å²) in [7, 11) is -3.74. The minimum absolute atomic E-state index is 0.116. The van der Waals surface area contributed by atoms with E-state index in [4.69, 9.17) is 4.74 Å². The van der Waals surface area contributed by atoms with Gasteiger partial charge in [-0.05, 0) is 55.2 Å². The van der Waals surface area contributed by atoms with E-state index in [1.165, 1.54) is 24.3 Å². The van der Waals surface area contributed by atoms with Gasteiger partial charge in [-0.15, -0.1) is 0 Å². The van der Waals surface area contributed by atoms with Gasteiger partial charge in [0.05, 0.1) is 17.2 Å². The van der Waals surface area contributed by atoms with E-state index in [0.717, 1.165) is 11.1 Å². The molecule has 0 radical (unpaired) electrons. The number of hydrogen-bond acceptors (Lipinski definition) is 4. The monoisotopic (exact) mass is 376 g/mol. The lowest BCUT2D eigenvalue weighted by molar-refractivity contribution is 0.168. The van der Waals surface area contributed by atoms with Crippen LogP contribution in [0.2, 0.25) is 0 Å². The second kappa shape index (κ2) is 8.23. The molecule has 1 amide bonds. The number of anilines is 2. The first-order valence-corrected chi connectivity index (χ1v) is 9.89. The molecule has 0 heterocycles. The van der Waals surface area contributed by atoms with Crippen LogP contribution in [-0.4, -0.2) is 21.1 Å². The Morgan fingerprint density at radius 1 is 1.12 bits per heavy atom. The maximum absolute atomic E-state index is 12.7. The van der Waals surface area contributed by atoms with Crippen LogP contribution >= 0.6 is 0 Å². The third-order valence-electron chi connectivity index (χ3n) is 3.85. The highest BCUT2D eigenvalue weighted by molar-refractivity contribution is 7.92. The van der Waals surface area contributed by atoms with Crippen molar-refractivity contribution in [1.82, 2.24) is 0 Å². The number of amides is 1. The van der Waals surface area contributed by atoms with E-state index in [2.05, 4.69) is 10.0 Å². The molecule has 0 spiro atoms. The number of nitrogens with one attached hydrogen (secondary N) is 2. The second-order valence-electron chi connectivity index (χ2n) is 6.17. The van der Waals surface area contributed by atoms with Gasteiger partial charge in [-0.3, -0.25) is 10.0 Å². The fourth-order valence-corrected chi connectivity index (χ4v) is 3.67. The summed E-state index contributed by atoms with van der Waals surface area (Å²) in [5.74, 6) is 0.184. The summed E-state index contributed by atoms with van der Waals surface area (Å²) in [4.78, 5) is 11.5. The number of hydrogen-bond donors (Lipinski definition) is 2. The summed E-state index contributed by atoms with van der Waals surface area (Å²) < 4.78 is 33.0. The quantitative estimate of drug-likeness (QED) is 0.778. The highest BCUT2D eigenvalue weighted by Crippen LogP contribution is 2.29. The lowest BCUT2D eigenvalue weighted by atomic mass is 9.99. The normalized spacial score (nSPS) is 11.3. The van der Waals surface area contributed by atoms with Crippen LogP contribution in [0.4, 0.5) is 16.2 Å². The number of benzene rings is 2. The average molecular weight is 376 g/mol. The Morgan fingerprint density at radius 3 is 2.35 bits per heavy atom. The summed E-state index contributed by atoms with van der Waals surface area (Å²) in [6, 6.07) is 11.6. The Bertz CT molecular complexity index is 875. The molecule has 0 aliphatic rings. The van der Waals surface area contributed by atoms with Crippen LogP contribution in [0.25, 0.3) is 0 Å². The van der Waals surface area contributed by atoms with Gasteiger partial charge < -0.3 is 4.74 Å². The molecule has 0 aromatic heterocycles. The van der Waals surface area contributed by atoms with Gasteiger partial charge in [0.15, 0.2) is 0 Å². The minimum atomic E-state index is -3.74. The number of ether oxygens (including phenoxy) is 1. The molecule has 0 atom stereocenters. The van der Waals surface area contributed by atoms with Gasteiger partial charge in [-0.2, -0.15) is 0 Å². The Kier molecular flexibility index (Phi) is 6.26. The average Bonchev–Trinajstić information content (AvgIpc) is 2.57. The predicted octanol–water partition coefficient (Wildman–Crippen LogP) is 4.49. The summed E-state index contributed by atoms with van der Waals surface area (Å²) >= 11 is 0. The first kappa shape index (κ1) is 19.8. The fourth-order valence-electron chi connectivity index (χ4n) is 2.51. The van der Waals surface area contributed by atoms with E-state index < -0.39 is 16.1 Å². The van der Waals surface area contributed by atoms with Crippen molar-refractivity contribution >= 4 is 27.5 Å². The van der Waals surface area contributed by atoms with Gasteiger partial charge in [0.2, 0.25) is 0 Å². The van der Waals surface area contributed by atoms with Crippen molar-refractivity contribution in [2.75, 3.05) is 16.6 Å². The molecule has 0 unspecified atom stereocenters. The third-order valence-corrected chi connectivity index (χ3v) is 5.22. The van der Waals surface area contributed by atoms with Gasteiger partial charge in [0.25, 0.3) is 10.0 Å². The standard InChI is InChI=1S/C19H24N2O4S/c1-5-25-19(22)20-15-9-11-16(12-10-15)26(23,24)21-18-14(4)7-6-8-17(18)13(2)3/h6-13,21H,5H2,1-4H3,(H,20,22). The summed E-state index contributed by atoms with van der Waals surface area (Å²) in [5, 5.41) is 2.53. The van der Waals surface area contributed by atoms with Gasteiger partial charge >= 0.3 is 6.09 Å². The molecule has 6 nitrogen and oxygen atoms in total. The Morgan fingerprint density at radius 2 is 1.77 bits per heavy atom. The topological polar surface area (TPSA) is 84.5 Å². The van der Waals surface area contributed by atoms with E-state index >= 15 is 0 Å². The van der Waals surface area contributed by atoms with Gasteiger partial charge in [0.1, 0.15) is 0 Å². The van der Waals surface area contributed by atoms with Crippen LogP contribution in [0.3, 0.4) is 0 Å². The van der Waals surface area contributed by atoms with Crippen molar-refractivity contribution in [3.63, 3.8) is 0 Å². The largest absolute Gasteiger partial charge is 0.450 e. The molecule has 0 saturated carbocycles. The van der Waals surface area contributed by atoms with Crippen LogP contribution in [-0.2, 0) is 14.8 Å². The highest BCUT2D eigenvalue weighted by atomic mass is 32.2. The number of sulfonamides is 1. The molecule has 2 aromatic rings. The second-order valence-corrected chi connectivity index (χ2v) is 7.85. The molecular weight excluding hydrogens is 352 g/mol. The molecule has 0 aliphatic heterocycles. The highest BCUT2D eigenvalue weighted by Gasteiger charge is 2.18. The zero-order chi connectivity index (χ0) is 19.3. The molecule has 0 saturated heterocycles. The summed E-state index contributed by atoms with van der Waals surface area (Å²) in [6.45, 7) is 7.87. The molecular formula is C19H24N2O4S. The SMILES string of the molecule is CCOC(=O)Nc1ccc(S(=O)(=O)Nc2c(C)cccc2C(C)C)cc1. The fraction of sp³-hybridized carbons (Fsp3) is 0.316. The molecule has 0 aliphatic carbocycles. The zero-order valence-electron chi connectivity index (χ0n) is 15.4. The minimum Gasteiger partial charge on any atom is -0.450 e. The van der Waals surface area contributed by atoms with E-state index in [1.807, 2.05) is 39.0 Å². The van der Waals surface area contributed by atoms with E-state index in [0.29, 0.717) is 11.4 Å². The number of carbonyl (C=O) groups excluding carboxylic acids is 1. The molecule has 0 fully saturated rings. The van der Waals surface area contributed by atoms with Crippen LogP contribution in [0.1, 0.15) is 37.8 Å². The summed E-state index contributed by atoms with van der Waals surface area (Å²) in [6.07, 6.45) is -0.581. The maximum atomic E-state index is 12.7. The number of aryl methyl sites for hydroxylation is 1. The van der Waals surface area contributed by atoms with Gasteiger partial charge in [-0.25, -0.2) is 13.2 Å². The Hall–Kier alpha value is -2.54. The molecule has 26 heavy (non-hydrogen) atoms. The van der Waals surface area contributed by atoms with E-state index in [9.17, 15) is 13.2 Å². The smallest absolute Gasteiger partial charge is 0.411 e. The Balaban J connectivity index is 2.25. The lowest BCUT2D eigenvalue weighted by Gasteiger charge is -2.17. The van der Waals surface area contributed by atoms with Gasteiger partial charge in [-0.1, -0.05) is 32.0 Å². The maximum Gasteiger partial charge on any atom is 0.411 e. The van der Waals surface area contributed by atoms with Crippen molar-refractivity contribution in [2.24, 2.45) is 0 Å². The molecule has 0 bridgehead atoms. The van der Waals surface area contributed by atoms with Crippen LogP contribution in [0, 0.1) is 6.92 Å². The number of carbonyl (C=O) groups is 1. The van der Waals surface area contributed by atoms with E-state index in [1.54, 1.807) is 6.92 Å². The van der Waals surface area contributed by atoms with Crippen LogP contribution in [0.5, 0.6) is 0 Å². The van der Waals surface area contributed by atoms with Gasteiger partial charge in [0, 0.05) is 5.69 Å². The molecule has 2 aromatic carbocycles. The molecule has 2 N–H and O–H groups in total. The Labute approximate surface area is 154 Å². The first-order chi connectivity index (χ1) is 12.2. The predicted molar refractivity (Wildman–Crippen MR) is 103 cm³/mol. The lowest BCUT2D eigenvalue weighted by Crippen LogP contribution is -2.16. The molecule has 2 rings (SSSR count). The van der Waals surface area contributed by atoms with Crippen LogP contribution in [0.15, 0.2) is 47.4 Å². The van der Waals surface area contributed by atoms with Crippen molar-refractivity contribution in [1.29, 1.82) is 0 Å². The van der Waals surface area contributed by atoms with Crippen molar-refractivity contribution in [3.05, 3.63) is 53.6 Å². The van der Waals surface area contributed by atoms with Crippen LogP contribution < -0.4 is 10.0 Å².